The van der Waals surface area contributed by atoms with E-state index in [-0.39, 0.29) is 11.3 Å². The summed E-state index contributed by atoms with van der Waals surface area (Å²) < 4.78 is 65.5. The number of thioether (sulfide) groups is 1. The summed E-state index contributed by atoms with van der Waals surface area (Å²) in [5, 5.41) is 0. The number of allylic oxidation sites excluding steroid dienone is 1. The molecule has 0 aromatic heterocycles. The molecule has 0 aliphatic heterocycles. The van der Waals surface area contributed by atoms with E-state index in [1.807, 2.05) is 0 Å². The number of rotatable bonds is 4. The van der Waals surface area contributed by atoms with Crippen LogP contribution in [0, 0.1) is 0 Å². The van der Waals surface area contributed by atoms with Gasteiger partial charge in [-0.25, -0.2) is 0 Å². The molecule has 0 atom stereocenters. The monoisotopic (exact) mass is 322 g/mol. The minimum absolute atomic E-state index is 0.278. The van der Waals surface area contributed by atoms with E-state index in [9.17, 15) is 22.0 Å². The quantitative estimate of drug-likeness (QED) is 0.381. The van der Waals surface area contributed by atoms with Crippen molar-refractivity contribution in [3.8, 4) is 0 Å². The normalized spacial score (nSPS) is 16.3. The molecule has 0 unspecified atom stereocenters. The molecule has 116 valence electrons. The van der Waals surface area contributed by atoms with Crippen molar-refractivity contribution in [3.05, 3.63) is 41.5 Å². The topological polar surface area (TPSA) is 0 Å². The van der Waals surface area contributed by atoms with E-state index < -0.39 is 17.7 Å². The Morgan fingerprint density at radius 3 is 2.05 bits per heavy atom. The Bertz CT molecular complexity index is 497. The minimum atomic E-state index is -5.53. The number of alkyl halides is 5. The van der Waals surface area contributed by atoms with Crippen molar-refractivity contribution in [3.63, 3.8) is 0 Å². The summed E-state index contributed by atoms with van der Waals surface area (Å²) in [4.78, 5) is 0.687. The van der Waals surface area contributed by atoms with Gasteiger partial charge < -0.3 is 0 Å². The van der Waals surface area contributed by atoms with Gasteiger partial charge in [0, 0.05) is 16.2 Å². The first kappa shape index (κ1) is 16.3. The zero-order valence-corrected chi connectivity index (χ0v) is 12.0. The molecule has 0 nitrogen and oxygen atoms in total. The Labute approximate surface area is 124 Å². The molecule has 0 spiro atoms. The number of hydrogen-bond acceptors (Lipinski definition) is 1. The second-order valence-corrected chi connectivity index (χ2v) is 6.01. The molecular weight excluding hydrogens is 307 g/mol. The van der Waals surface area contributed by atoms with Crippen LogP contribution in [0.5, 0.6) is 0 Å². The van der Waals surface area contributed by atoms with Crippen LogP contribution in [-0.4, -0.2) is 17.9 Å². The van der Waals surface area contributed by atoms with Gasteiger partial charge in [-0.2, -0.15) is 22.0 Å². The van der Waals surface area contributed by atoms with Crippen LogP contribution in [-0.2, 0) is 0 Å². The lowest BCUT2D eigenvalue weighted by molar-refractivity contribution is -0.264. The molecule has 1 aromatic carbocycles. The number of hydrogen-bond donors (Lipinski definition) is 0. The van der Waals surface area contributed by atoms with Crippen LogP contribution in [0.4, 0.5) is 22.0 Å². The van der Waals surface area contributed by atoms with Crippen molar-refractivity contribution in [2.45, 2.75) is 42.7 Å². The first-order valence-electron chi connectivity index (χ1n) is 6.66. The molecule has 1 aliphatic rings. The predicted molar refractivity (Wildman–Crippen MR) is 73.7 cm³/mol. The maximum absolute atomic E-state index is 13.8. The third-order valence-corrected chi connectivity index (χ3v) is 4.53. The van der Waals surface area contributed by atoms with Crippen LogP contribution in [0.15, 0.2) is 46.4 Å². The molecule has 0 heterocycles. The molecule has 0 saturated heterocycles. The zero-order valence-electron chi connectivity index (χ0n) is 11.2. The van der Waals surface area contributed by atoms with E-state index in [0.29, 0.717) is 30.6 Å². The maximum atomic E-state index is 13.8. The molecule has 21 heavy (non-hydrogen) atoms. The number of benzene rings is 1. The molecule has 1 aromatic rings. The van der Waals surface area contributed by atoms with Gasteiger partial charge in [-0.1, -0.05) is 23.8 Å². The van der Waals surface area contributed by atoms with Gasteiger partial charge in [0.15, 0.2) is 0 Å². The third kappa shape index (κ3) is 3.78. The lowest BCUT2D eigenvalue weighted by Gasteiger charge is -2.24. The molecule has 2 rings (SSSR count). The molecule has 1 aliphatic carbocycles. The van der Waals surface area contributed by atoms with Crippen molar-refractivity contribution in [2.24, 2.45) is 0 Å². The van der Waals surface area contributed by atoms with Crippen molar-refractivity contribution < 1.29 is 22.0 Å². The molecule has 1 saturated carbocycles. The summed E-state index contributed by atoms with van der Waals surface area (Å²) in [6, 6.07) is 8.63. The Morgan fingerprint density at radius 2 is 1.52 bits per heavy atom. The summed E-state index contributed by atoms with van der Waals surface area (Å²) in [6.07, 6.45) is -3.48. The van der Waals surface area contributed by atoms with Crippen LogP contribution in [0.25, 0.3) is 0 Å². The van der Waals surface area contributed by atoms with E-state index in [0.717, 1.165) is 11.8 Å². The van der Waals surface area contributed by atoms with Crippen molar-refractivity contribution >= 4 is 11.8 Å². The predicted octanol–water partition coefficient (Wildman–Crippen LogP) is 5.85. The number of halogens is 5. The fourth-order valence-electron chi connectivity index (χ4n) is 2.36. The second kappa shape index (κ2) is 6.38. The fourth-order valence-corrected chi connectivity index (χ4v) is 3.41. The van der Waals surface area contributed by atoms with Gasteiger partial charge in [-0.15, -0.1) is 11.8 Å². The molecule has 1 fully saturated rings. The first-order valence-corrected chi connectivity index (χ1v) is 7.64. The van der Waals surface area contributed by atoms with Crippen LogP contribution in [0.2, 0.25) is 0 Å². The summed E-state index contributed by atoms with van der Waals surface area (Å²) >= 11 is 1.02. The molecule has 0 bridgehead atoms. The zero-order chi connectivity index (χ0) is 15.5. The van der Waals surface area contributed by atoms with E-state index in [1.54, 1.807) is 30.3 Å². The minimum Gasteiger partial charge on any atom is -0.191 e. The van der Waals surface area contributed by atoms with Crippen LogP contribution in [0.1, 0.15) is 25.7 Å². The van der Waals surface area contributed by atoms with Gasteiger partial charge in [0.1, 0.15) is 0 Å². The van der Waals surface area contributed by atoms with Gasteiger partial charge in [0.2, 0.25) is 0 Å². The van der Waals surface area contributed by atoms with Crippen molar-refractivity contribution in [1.82, 2.24) is 0 Å². The highest BCUT2D eigenvalue weighted by molar-refractivity contribution is 7.99. The Kier molecular flexibility index (Phi) is 4.96. The van der Waals surface area contributed by atoms with Gasteiger partial charge >= 0.3 is 12.1 Å². The smallest absolute Gasteiger partial charge is 0.191 e. The average Bonchev–Trinajstić information content (AvgIpc) is 2.92. The average molecular weight is 322 g/mol. The van der Waals surface area contributed by atoms with Crippen molar-refractivity contribution in [2.75, 3.05) is 5.75 Å². The SMILES string of the molecule is FC(F)(F)C(F)(F)C(CSc1ccccc1)=C1CCCC1. The highest BCUT2D eigenvalue weighted by Gasteiger charge is 2.60. The Balaban J connectivity index is 2.24. The Hall–Kier alpha value is -1.04. The lowest BCUT2D eigenvalue weighted by atomic mass is 10.0. The summed E-state index contributed by atoms with van der Waals surface area (Å²) in [6.45, 7) is 0. The standard InChI is InChI=1S/C15H15F5S/c16-14(17,15(18,19)20)13(11-6-4-5-7-11)10-21-12-8-2-1-3-9-12/h1-3,8-9H,4-7,10H2. The lowest BCUT2D eigenvalue weighted by Crippen LogP contribution is -2.39. The summed E-state index contributed by atoms with van der Waals surface area (Å²) in [5.41, 5.74) is -0.470. The van der Waals surface area contributed by atoms with Crippen LogP contribution in [0.3, 0.4) is 0 Å². The van der Waals surface area contributed by atoms with E-state index >= 15 is 0 Å². The van der Waals surface area contributed by atoms with E-state index in [4.69, 9.17) is 0 Å². The Morgan fingerprint density at radius 1 is 0.952 bits per heavy atom. The molecule has 0 radical (unpaired) electrons. The highest BCUT2D eigenvalue weighted by atomic mass is 32.2. The van der Waals surface area contributed by atoms with E-state index in [1.165, 1.54) is 0 Å². The highest BCUT2D eigenvalue weighted by Crippen LogP contribution is 2.46. The second-order valence-electron chi connectivity index (χ2n) is 4.96. The van der Waals surface area contributed by atoms with Gasteiger partial charge in [-0.05, 0) is 37.8 Å². The summed E-state index contributed by atoms with van der Waals surface area (Å²) in [7, 11) is 0. The molecular formula is C15H15F5S. The molecule has 6 heteroatoms. The fraction of sp³-hybridized carbons (Fsp3) is 0.467. The summed E-state index contributed by atoms with van der Waals surface area (Å²) in [5.74, 6) is -5.07. The molecule has 0 amide bonds. The van der Waals surface area contributed by atoms with Crippen molar-refractivity contribution in [1.29, 1.82) is 0 Å². The van der Waals surface area contributed by atoms with Gasteiger partial charge in [-0.3, -0.25) is 0 Å². The maximum Gasteiger partial charge on any atom is 0.457 e. The molecule has 0 N–H and O–H groups in total. The third-order valence-electron chi connectivity index (χ3n) is 3.50. The van der Waals surface area contributed by atoms with Gasteiger partial charge in [0.05, 0.1) is 0 Å². The van der Waals surface area contributed by atoms with Crippen LogP contribution >= 0.6 is 11.8 Å². The largest absolute Gasteiger partial charge is 0.457 e. The van der Waals surface area contributed by atoms with E-state index in [2.05, 4.69) is 0 Å². The van der Waals surface area contributed by atoms with Crippen LogP contribution < -0.4 is 0 Å². The van der Waals surface area contributed by atoms with Gasteiger partial charge in [0.25, 0.3) is 0 Å². The first-order chi connectivity index (χ1) is 9.82.